The summed E-state index contributed by atoms with van der Waals surface area (Å²) in [7, 11) is 0. The largest absolute Gasteiger partial charge is 0.354 e. The molecular formula is C18H35N3O. The van der Waals surface area contributed by atoms with Crippen LogP contribution >= 0.6 is 0 Å². The van der Waals surface area contributed by atoms with Gasteiger partial charge in [-0.1, -0.05) is 13.8 Å². The Labute approximate surface area is 136 Å². The molecule has 4 atom stereocenters. The molecule has 2 aliphatic rings. The molecule has 0 aromatic heterocycles. The standard InChI is InChI=1S/C18H35N3O/c1-13-8-14(2)11-21(10-13)18(4,5)12-20-17(22)16-6-7-19-15(3)9-16/h13-16,19H,6-12H2,1-5H3,(H,20,22)/t13?,14?,15-,16-/m0/s1. The van der Waals surface area contributed by atoms with Gasteiger partial charge < -0.3 is 10.6 Å². The maximum absolute atomic E-state index is 12.4. The average Bonchev–Trinajstić information content (AvgIpc) is 2.44. The van der Waals surface area contributed by atoms with Gasteiger partial charge in [0.25, 0.3) is 0 Å². The van der Waals surface area contributed by atoms with E-state index in [9.17, 15) is 4.79 Å². The van der Waals surface area contributed by atoms with Gasteiger partial charge in [-0.05, 0) is 58.4 Å². The minimum absolute atomic E-state index is 0.0388. The lowest BCUT2D eigenvalue weighted by Gasteiger charge is -2.45. The molecule has 2 rings (SSSR count). The molecule has 128 valence electrons. The lowest BCUT2D eigenvalue weighted by molar-refractivity contribution is -0.126. The van der Waals surface area contributed by atoms with E-state index >= 15 is 0 Å². The molecule has 0 aliphatic carbocycles. The van der Waals surface area contributed by atoms with Crippen LogP contribution < -0.4 is 10.6 Å². The summed E-state index contributed by atoms with van der Waals surface area (Å²) in [4.78, 5) is 15.0. The topological polar surface area (TPSA) is 44.4 Å². The fraction of sp³-hybridized carbons (Fsp3) is 0.944. The Morgan fingerprint density at radius 2 is 1.82 bits per heavy atom. The van der Waals surface area contributed by atoms with Crippen LogP contribution in [0.3, 0.4) is 0 Å². The molecule has 0 spiro atoms. The highest BCUT2D eigenvalue weighted by atomic mass is 16.1. The highest BCUT2D eigenvalue weighted by Crippen LogP contribution is 2.27. The smallest absolute Gasteiger partial charge is 0.223 e. The molecule has 2 unspecified atom stereocenters. The zero-order valence-electron chi connectivity index (χ0n) is 15.1. The molecule has 2 aliphatic heterocycles. The number of carbonyl (C=O) groups excluding carboxylic acids is 1. The maximum Gasteiger partial charge on any atom is 0.223 e. The van der Waals surface area contributed by atoms with Crippen molar-refractivity contribution in [1.82, 2.24) is 15.5 Å². The molecule has 2 fully saturated rings. The molecule has 0 saturated carbocycles. The third kappa shape index (κ3) is 4.69. The number of amides is 1. The first-order valence-corrected chi connectivity index (χ1v) is 9.04. The summed E-state index contributed by atoms with van der Waals surface area (Å²) in [5.74, 6) is 1.94. The number of piperidine rings is 2. The number of rotatable bonds is 4. The summed E-state index contributed by atoms with van der Waals surface area (Å²) in [5.41, 5.74) is 0.0388. The van der Waals surface area contributed by atoms with Gasteiger partial charge in [0.2, 0.25) is 5.91 Å². The van der Waals surface area contributed by atoms with Gasteiger partial charge in [0.15, 0.2) is 0 Å². The van der Waals surface area contributed by atoms with Crippen molar-refractivity contribution in [2.75, 3.05) is 26.2 Å². The molecule has 2 N–H and O–H groups in total. The highest BCUT2D eigenvalue weighted by Gasteiger charge is 2.33. The molecular weight excluding hydrogens is 274 g/mol. The van der Waals surface area contributed by atoms with Crippen LogP contribution in [0.2, 0.25) is 0 Å². The van der Waals surface area contributed by atoms with Gasteiger partial charge in [0.05, 0.1) is 0 Å². The summed E-state index contributed by atoms with van der Waals surface area (Å²) in [6.45, 7) is 15.4. The van der Waals surface area contributed by atoms with E-state index < -0.39 is 0 Å². The van der Waals surface area contributed by atoms with Gasteiger partial charge in [-0.25, -0.2) is 0 Å². The van der Waals surface area contributed by atoms with Crippen LogP contribution in [0.25, 0.3) is 0 Å². The Balaban J connectivity index is 1.84. The van der Waals surface area contributed by atoms with Gasteiger partial charge in [-0.3, -0.25) is 9.69 Å². The quantitative estimate of drug-likeness (QED) is 0.837. The molecule has 0 aromatic rings. The third-order valence-electron chi connectivity index (χ3n) is 5.41. The van der Waals surface area contributed by atoms with E-state index in [-0.39, 0.29) is 17.4 Å². The van der Waals surface area contributed by atoms with Crippen molar-refractivity contribution >= 4 is 5.91 Å². The van der Waals surface area contributed by atoms with Crippen LogP contribution in [-0.2, 0) is 4.79 Å². The van der Waals surface area contributed by atoms with E-state index in [4.69, 9.17) is 0 Å². The third-order valence-corrected chi connectivity index (χ3v) is 5.41. The van der Waals surface area contributed by atoms with Crippen molar-refractivity contribution in [1.29, 1.82) is 0 Å². The molecule has 2 heterocycles. The van der Waals surface area contributed by atoms with Crippen molar-refractivity contribution in [3.63, 3.8) is 0 Å². The summed E-state index contributed by atoms with van der Waals surface area (Å²) in [5, 5.41) is 6.64. The SMILES string of the molecule is CC1CC(C)CN(C(C)(C)CNC(=O)[C@H]2CCN[C@@H](C)C2)C1. The Morgan fingerprint density at radius 3 is 2.41 bits per heavy atom. The van der Waals surface area contributed by atoms with Crippen LogP contribution in [0.4, 0.5) is 0 Å². The van der Waals surface area contributed by atoms with E-state index in [0.717, 1.165) is 50.9 Å². The fourth-order valence-corrected chi connectivity index (χ4v) is 4.09. The van der Waals surface area contributed by atoms with Crippen molar-refractivity contribution in [3.8, 4) is 0 Å². The van der Waals surface area contributed by atoms with Crippen molar-refractivity contribution < 1.29 is 4.79 Å². The summed E-state index contributed by atoms with van der Waals surface area (Å²) in [6, 6.07) is 0.460. The molecule has 0 aromatic carbocycles. The van der Waals surface area contributed by atoms with Gasteiger partial charge in [-0.15, -0.1) is 0 Å². The second kappa shape index (κ2) is 7.31. The lowest BCUT2D eigenvalue weighted by atomic mass is 9.87. The van der Waals surface area contributed by atoms with E-state index in [1.54, 1.807) is 0 Å². The van der Waals surface area contributed by atoms with Crippen LogP contribution in [-0.4, -0.2) is 48.6 Å². The Morgan fingerprint density at radius 1 is 1.18 bits per heavy atom. The van der Waals surface area contributed by atoms with Crippen molar-refractivity contribution in [2.24, 2.45) is 17.8 Å². The minimum atomic E-state index is 0.0388. The number of hydrogen-bond acceptors (Lipinski definition) is 3. The molecule has 0 radical (unpaired) electrons. The van der Waals surface area contributed by atoms with Gasteiger partial charge in [0.1, 0.15) is 0 Å². The van der Waals surface area contributed by atoms with E-state index in [0.29, 0.717) is 6.04 Å². The molecule has 2 saturated heterocycles. The number of carbonyl (C=O) groups is 1. The van der Waals surface area contributed by atoms with E-state index in [1.807, 2.05) is 0 Å². The number of likely N-dealkylation sites (tertiary alicyclic amines) is 1. The van der Waals surface area contributed by atoms with Crippen LogP contribution in [0, 0.1) is 17.8 Å². The second-order valence-corrected chi connectivity index (χ2v) is 8.46. The molecule has 4 heteroatoms. The zero-order chi connectivity index (χ0) is 16.3. The summed E-state index contributed by atoms with van der Waals surface area (Å²) < 4.78 is 0. The minimum Gasteiger partial charge on any atom is -0.354 e. The first kappa shape index (κ1) is 17.7. The monoisotopic (exact) mass is 309 g/mol. The second-order valence-electron chi connectivity index (χ2n) is 8.46. The predicted octanol–water partition coefficient (Wildman–Crippen LogP) is 2.25. The van der Waals surface area contributed by atoms with Crippen LogP contribution in [0.15, 0.2) is 0 Å². The average molecular weight is 309 g/mol. The molecule has 0 bridgehead atoms. The van der Waals surface area contributed by atoms with Crippen LogP contribution in [0.5, 0.6) is 0 Å². The number of nitrogens with zero attached hydrogens (tertiary/aromatic N) is 1. The number of hydrogen-bond donors (Lipinski definition) is 2. The Kier molecular flexibility index (Phi) is 5.89. The first-order chi connectivity index (χ1) is 10.3. The Bertz CT molecular complexity index is 373. The Hall–Kier alpha value is -0.610. The first-order valence-electron chi connectivity index (χ1n) is 9.04. The van der Waals surface area contributed by atoms with Gasteiger partial charge in [-0.2, -0.15) is 0 Å². The highest BCUT2D eigenvalue weighted by molar-refractivity contribution is 5.78. The molecule has 4 nitrogen and oxygen atoms in total. The van der Waals surface area contributed by atoms with Crippen molar-refractivity contribution in [2.45, 2.75) is 65.5 Å². The van der Waals surface area contributed by atoms with E-state index in [1.165, 1.54) is 6.42 Å². The van der Waals surface area contributed by atoms with Gasteiger partial charge >= 0.3 is 0 Å². The fourth-order valence-electron chi connectivity index (χ4n) is 4.09. The molecule has 22 heavy (non-hydrogen) atoms. The zero-order valence-corrected chi connectivity index (χ0v) is 15.1. The van der Waals surface area contributed by atoms with E-state index in [2.05, 4.69) is 50.2 Å². The lowest BCUT2D eigenvalue weighted by Crippen LogP contribution is -2.56. The summed E-state index contributed by atoms with van der Waals surface area (Å²) >= 11 is 0. The maximum atomic E-state index is 12.4. The number of nitrogens with one attached hydrogen (secondary N) is 2. The predicted molar refractivity (Wildman–Crippen MR) is 91.8 cm³/mol. The van der Waals surface area contributed by atoms with Crippen LogP contribution in [0.1, 0.15) is 53.9 Å². The molecule has 1 amide bonds. The normalized spacial score (nSPS) is 34.4. The summed E-state index contributed by atoms with van der Waals surface area (Å²) in [6.07, 6.45) is 3.25. The van der Waals surface area contributed by atoms with Gasteiger partial charge in [0, 0.05) is 37.1 Å². The van der Waals surface area contributed by atoms with Crippen molar-refractivity contribution in [3.05, 3.63) is 0 Å².